The van der Waals surface area contributed by atoms with Gasteiger partial charge >= 0.3 is 11.9 Å². The van der Waals surface area contributed by atoms with E-state index in [-0.39, 0.29) is 54.2 Å². The third kappa shape index (κ3) is 5.10. The molecule has 2 aliphatic carbocycles. The number of aliphatic hydroxyl groups excluding tert-OH is 2. The van der Waals surface area contributed by atoms with Gasteiger partial charge in [-0.3, -0.25) is 9.59 Å². The Kier molecular flexibility index (Phi) is 7.17. The fourth-order valence-electron chi connectivity index (χ4n) is 4.84. The van der Waals surface area contributed by atoms with Crippen LogP contribution in [-0.4, -0.2) is 46.6 Å². The lowest BCUT2D eigenvalue weighted by atomic mass is 9.65. The zero-order chi connectivity index (χ0) is 21.1. The Morgan fingerprint density at radius 2 is 2.10 bits per heavy atom. The van der Waals surface area contributed by atoms with Gasteiger partial charge in [0.25, 0.3) is 0 Å². The highest BCUT2D eigenvalue weighted by Gasteiger charge is 2.43. The highest BCUT2D eigenvalue weighted by molar-refractivity contribution is 5.72. The summed E-state index contributed by atoms with van der Waals surface area (Å²) in [7, 11) is 0. The smallest absolute Gasteiger partial charge is 0.308 e. The molecule has 1 saturated heterocycles. The number of rotatable bonds is 6. The van der Waals surface area contributed by atoms with E-state index in [2.05, 4.69) is 0 Å². The molecule has 0 bridgehead atoms. The second kappa shape index (κ2) is 9.43. The maximum Gasteiger partial charge on any atom is 0.308 e. The molecule has 6 nitrogen and oxygen atoms in total. The molecule has 0 aromatic heterocycles. The predicted octanol–water partition coefficient (Wildman–Crippen LogP) is 2.92. The Labute approximate surface area is 173 Å². The van der Waals surface area contributed by atoms with E-state index in [1.54, 1.807) is 0 Å². The van der Waals surface area contributed by atoms with Gasteiger partial charge in [0.1, 0.15) is 12.2 Å². The second-order valence-corrected chi connectivity index (χ2v) is 8.91. The highest BCUT2D eigenvalue weighted by atomic mass is 16.5. The standard InChI is InChI=1S/C23H34O6/c1-4-13(2)23(27)29-20-7-5-6-15-10-19(25)14(3)18(22(15)20)9-8-17-11-16(24)12-21(26)28-17/h5-6,10,13-14,16-20,22,24-25H,4,7-9,11-12H2,1-3H3/t13-,14+,16+,17+,18-,19+,20-,22?/m0/s1. The lowest BCUT2D eigenvalue weighted by Gasteiger charge is -2.44. The molecule has 2 N–H and O–H groups in total. The molecule has 0 saturated carbocycles. The van der Waals surface area contributed by atoms with Crippen LogP contribution in [0.1, 0.15) is 59.3 Å². The number of aliphatic hydroxyl groups is 2. The third-order valence-electron chi connectivity index (χ3n) is 6.84. The first kappa shape index (κ1) is 22.0. The molecule has 0 aromatic rings. The van der Waals surface area contributed by atoms with Crippen LogP contribution in [0.25, 0.3) is 0 Å². The molecule has 162 valence electrons. The number of fused-ring (bicyclic) bond motifs is 1. The number of esters is 2. The molecular weight excluding hydrogens is 372 g/mol. The molecule has 3 aliphatic rings. The molecule has 1 unspecified atom stereocenters. The van der Waals surface area contributed by atoms with Crippen molar-refractivity contribution in [1.29, 1.82) is 0 Å². The zero-order valence-electron chi connectivity index (χ0n) is 17.6. The van der Waals surface area contributed by atoms with Gasteiger partial charge in [0.2, 0.25) is 0 Å². The Hall–Kier alpha value is -1.66. The van der Waals surface area contributed by atoms with Crippen LogP contribution in [0.3, 0.4) is 0 Å². The largest absolute Gasteiger partial charge is 0.462 e. The van der Waals surface area contributed by atoms with Crippen LogP contribution in [0.5, 0.6) is 0 Å². The van der Waals surface area contributed by atoms with E-state index in [0.29, 0.717) is 19.3 Å². The van der Waals surface area contributed by atoms with Crippen molar-refractivity contribution in [3.63, 3.8) is 0 Å². The Morgan fingerprint density at radius 1 is 1.34 bits per heavy atom. The summed E-state index contributed by atoms with van der Waals surface area (Å²) in [6, 6.07) is 0. The second-order valence-electron chi connectivity index (χ2n) is 8.91. The number of cyclic esters (lactones) is 1. The highest BCUT2D eigenvalue weighted by Crippen LogP contribution is 2.44. The number of hydrogen-bond donors (Lipinski definition) is 2. The van der Waals surface area contributed by atoms with Gasteiger partial charge in [-0.1, -0.05) is 39.0 Å². The fourth-order valence-corrected chi connectivity index (χ4v) is 4.84. The van der Waals surface area contributed by atoms with Crippen molar-refractivity contribution in [2.24, 2.45) is 23.7 Å². The Bertz CT molecular complexity index is 668. The molecule has 8 atom stereocenters. The molecule has 3 rings (SSSR count). The SMILES string of the molecule is CC[C@H](C)C(=O)O[C@H]1CC=CC2=C[C@@H](O)[C@H](C)[C@H](CC[C@@H]3C[C@@H](O)CC(=O)O3)C21. The summed E-state index contributed by atoms with van der Waals surface area (Å²) >= 11 is 0. The predicted molar refractivity (Wildman–Crippen MR) is 108 cm³/mol. The summed E-state index contributed by atoms with van der Waals surface area (Å²) in [6.45, 7) is 5.88. The van der Waals surface area contributed by atoms with Crippen LogP contribution in [-0.2, 0) is 19.1 Å². The van der Waals surface area contributed by atoms with Crippen molar-refractivity contribution in [3.05, 3.63) is 23.8 Å². The average Bonchev–Trinajstić information content (AvgIpc) is 2.67. The van der Waals surface area contributed by atoms with Crippen LogP contribution < -0.4 is 0 Å². The first-order valence-corrected chi connectivity index (χ1v) is 10.9. The molecule has 6 heteroatoms. The molecule has 0 spiro atoms. The van der Waals surface area contributed by atoms with Gasteiger partial charge in [-0.05, 0) is 36.7 Å². The van der Waals surface area contributed by atoms with E-state index < -0.39 is 12.2 Å². The molecule has 1 fully saturated rings. The van der Waals surface area contributed by atoms with Gasteiger partial charge < -0.3 is 19.7 Å². The van der Waals surface area contributed by atoms with E-state index in [1.807, 2.05) is 39.0 Å². The lowest BCUT2D eigenvalue weighted by Crippen LogP contribution is -2.44. The first-order valence-electron chi connectivity index (χ1n) is 10.9. The van der Waals surface area contributed by atoms with E-state index in [9.17, 15) is 19.8 Å². The molecule has 0 aromatic carbocycles. The van der Waals surface area contributed by atoms with Crippen molar-refractivity contribution in [3.8, 4) is 0 Å². The maximum atomic E-state index is 12.4. The number of carbonyl (C=O) groups is 2. The summed E-state index contributed by atoms with van der Waals surface area (Å²) in [4.78, 5) is 24.1. The maximum absolute atomic E-state index is 12.4. The van der Waals surface area contributed by atoms with E-state index in [0.717, 1.165) is 18.4 Å². The monoisotopic (exact) mass is 406 g/mol. The van der Waals surface area contributed by atoms with Gasteiger partial charge in [0, 0.05) is 18.8 Å². The van der Waals surface area contributed by atoms with Crippen molar-refractivity contribution < 1.29 is 29.3 Å². The minimum atomic E-state index is -0.645. The summed E-state index contributed by atoms with van der Waals surface area (Å²) in [6.07, 6.45) is 7.46. The van der Waals surface area contributed by atoms with E-state index in [4.69, 9.17) is 9.47 Å². The van der Waals surface area contributed by atoms with Crippen molar-refractivity contribution in [1.82, 2.24) is 0 Å². The normalized spacial score (nSPS) is 37.9. The van der Waals surface area contributed by atoms with Gasteiger partial charge in [-0.2, -0.15) is 0 Å². The third-order valence-corrected chi connectivity index (χ3v) is 6.84. The van der Waals surface area contributed by atoms with Gasteiger partial charge in [0.05, 0.1) is 24.5 Å². The summed E-state index contributed by atoms with van der Waals surface area (Å²) < 4.78 is 11.3. The van der Waals surface area contributed by atoms with Crippen LogP contribution >= 0.6 is 0 Å². The van der Waals surface area contributed by atoms with Crippen molar-refractivity contribution in [2.75, 3.05) is 0 Å². The lowest BCUT2D eigenvalue weighted by molar-refractivity contribution is -0.162. The van der Waals surface area contributed by atoms with Crippen LogP contribution in [0, 0.1) is 23.7 Å². The first-order chi connectivity index (χ1) is 13.8. The topological polar surface area (TPSA) is 93.1 Å². The van der Waals surface area contributed by atoms with Crippen LogP contribution in [0.15, 0.2) is 23.8 Å². The Balaban J connectivity index is 1.74. The molecule has 1 heterocycles. The minimum absolute atomic E-state index is 0.00395. The van der Waals surface area contributed by atoms with Crippen LogP contribution in [0.2, 0.25) is 0 Å². The Morgan fingerprint density at radius 3 is 2.79 bits per heavy atom. The van der Waals surface area contributed by atoms with Crippen LogP contribution in [0.4, 0.5) is 0 Å². The molecule has 1 aliphatic heterocycles. The van der Waals surface area contributed by atoms with Crippen molar-refractivity contribution in [2.45, 2.75) is 83.7 Å². The van der Waals surface area contributed by atoms with Gasteiger partial charge in [0.15, 0.2) is 0 Å². The summed E-state index contributed by atoms with van der Waals surface area (Å²) in [5, 5.41) is 20.4. The molecular formula is C23H34O6. The number of ether oxygens (including phenoxy) is 2. The number of hydrogen-bond acceptors (Lipinski definition) is 6. The quantitative estimate of drug-likeness (QED) is 0.659. The minimum Gasteiger partial charge on any atom is -0.462 e. The fraction of sp³-hybridized carbons (Fsp3) is 0.739. The molecule has 29 heavy (non-hydrogen) atoms. The van der Waals surface area contributed by atoms with Gasteiger partial charge in [-0.15, -0.1) is 0 Å². The molecule has 0 radical (unpaired) electrons. The van der Waals surface area contributed by atoms with Gasteiger partial charge in [-0.25, -0.2) is 0 Å². The van der Waals surface area contributed by atoms with Crippen molar-refractivity contribution >= 4 is 11.9 Å². The summed E-state index contributed by atoms with van der Waals surface area (Å²) in [5.41, 5.74) is 1.02. The average molecular weight is 407 g/mol. The summed E-state index contributed by atoms with van der Waals surface area (Å²) in [5.74, 6) is -0.537. The van der Waals surface area contributed by atoms with E-state index >= 15 is 0 Å². The van der Waals surface area contributed by atoms with E-state index in [1.165, 1.54) is 0 Å². The number of allylic oxidation sites excluding steroid dienone is 1. The molecule has 0 amide bonds. The number of carbonyl (C=O) groups excluding carboxylic acids is 2. The zero-order valence-corrected chi connectivity index (χ0v) is 17.6.